The lowest BCUT2D eigenvalue weighted by Crippen LogP contribution is -2.05. The highest BCUT2D eigenvalue weighted by Gasteiger charge is 2.12. The molecule has 0 amide bonds. The van der Waals surface area contributed by atoms with Gasteiger partial charge in [0.15, 0.2) is 6.10 Å². The van der Waals surface area contributed by atoms with Gasteiger partial charge in [-0.1, -0.05) is 48.5 Å². The lowest BCUT2D eigenvalue weighted by molar-refractivity contribution is 0.271. The van der Waals surface area contributed by atoms with Crippen LogP contribution in [0.25, 0.3) is 27.6 Å². The minimum atomic E-state index is -1.41. The van der Waals surface area contributed by atoms with Crippen LogP contribution in [0.3, 0.4) is 0 Å². The number of aliphatic hydroxyl groups is 1. The molecular formula is C19H12N2O. The molecule has 0 spiro atoms. The van der Waals surface area contributed by atoms with Crippen LogP contribution in [0.15, 0.2) is 60.2 Å². The van der Waals surface area contributed by atoms with E-state index < -0.39 is 6.10 Å². The van der Waals surface area contributed by atoms with Crippen LogP contribution in [0.4, 0.5) is 0 Å². The van der Waals surface area contributed by atoms with Crippen molar-refractivity contribution < 1.29 is 5.11 Å². The minimum Gasteiger partial charge on any atom is -0.373 e. The number of fused-ring (bicyclic) bond motifs is 2. The minimum absolute atomic E-state index is 0.0454. The average Bonchev–Trinajstić information content (AvgIpc) is 2.58. The summed E-state index contributed by atoms with van der Waals surface area (Å²) in [6, 6.07) is 21.4. The molecule has 1 N–H and O–H groups in total. The predicted octanol–water partition coefficient (Wildman–Crippen LogP) is 3.78. The zero-order chi connectivity index (χ0) is 15.5. The summed E-state index contributed by atoms with van der Waals surface area (Å²) in [6.45, 7) is 0. The Morgan fingerprint density at radius 1 is 0.955 bits per heavy atom. The third-order valence-electron chi connectivity index (χ3n) is 3.66. The van der Waals surface area contributed by atoms with Gasteiger partial charge in [-0.3, -0.25) is 0 Å². The normalized spacial score (nSPS) is 12.8. The Labute approximate surface area is 128 Å². The fraction of sp³-hybridized carbons (Fsp3) is 0.0526. The Kier molecular flexibility index (Phi) is 3.58. The summed E-state index contributed by atoms with van der Waals surface area (Å²) in [5.74, 6) is 0. The summed E-state index contributed by atoms with van der Waals surface area (Å²) in [4.78, 5) is 0. The molecule has 3 aromatic rings. The van der Waals surface area contributed by atoms with Crippen LogP contribution in [0.1, 0.15) is 5.56 Å². The number of nitriles is 2. The molecule has 0 aliphatic heterocycles. The first-order valence-electron chi connectivity index (χ1n) is 6.84. The maximum atomic E-state index is 9.67. The van der Waals surface area contributed by atoms with Crippen LogP contribution in [0, 0.1) is 22.7 Å². The van der Waals surface area contributed by atoms with Crippen LogP contribution in [0.2, 0.25) is 0 Å². The van der Waals surface area contributed by atoms with Crippen molar-refractivity contribution in [2.24, 2.45) is 0 Å². The smallest absolute Gasteiger partial charge is 0.175 e. The van der Waals surface area contributed by atoms with E-state index in [9.17, 15) is 10.4 Å². The maximum Gasteiger partial charge on any atom is 0.175 e. The van der Waals surface area contributed by atoms with Gasteiger partial charge >= 0.3 is 0 Å². The molecule has 0 bridgehead atoms. The summed E-state index contributed by atoms with van der Waals surface area (Å²) < 4.78 is 0. The maximum absolute atomic E-state index is 9.67. The highest BCUT2D eigenvalue weighted by atomic mass is 16.3. The molecule has 1 unspecified atom stereocenters. The molecule has 3 nitrogen and oxygen atoms in total. The largest absolute Gasteiger partial charge is 0.373 e. The van der Waals surface area contributed by atoms with Gasteiger partial charge in [-0.25, -0.2) is 0 Å². The third kappa shape index (κ3) is 2.31. The highest BCUT2D eigenvalue weighted by molar-refractivity contribution is 6.07. The number of benzene rings is 3. The predicted molar refractivity (Wildman–Crippen MR) is 86.7 cm³/mol. The second-order valence-corrected chi connectivity index (χ2v) is 4.98. The van der Waals surface area contributed by atoms with Gasteiger partial charge in [0.1, 0.15) is 0 Å². The molecule has 0 aliphatic carbocycles. The van der Waals surface area contributed by atoms with Gasteiger partial charge in [0.2, 0.25) is 0 Å². The molecule has 0 heterocycles. The Hall–Kier alpha value is -3.14. The first-order chi connectivity index (χ1) is 10.7. The lowest BCUT2D eigenvalue weighted by Gasteiger charge is -2.09. The number of hydrogen-bond acceptors (Lipinski definition) is 3. The monoisotopic (exact) mass is 284 g/mol. The van der Waals surface area contributed by atoms with Crippen molar-refractivity contribution in [3.63, 3.8) is 0 Å². The lowest BCUT2D eigenvalue weighted by atomic mass is 9.95. The molecule has 0 fully saturated rings. The fourth-order valence-corrected chi connectivity index (χ4v) is 2.60. The molecule has 0 aromatic heterocycles. The van der Waals surface area contributed by atoms with E-state index >= 15 is 0 Å². The first-order valence-corrected chi connectivity index (χ1v) is 6.84. The SMILES string of the molecule is N#CC(=Cc1c2ccccc2cc2ccccc12)C(O)C#N. The zero-order valence-electron chi connectivity index (χ0n) is 11.7. The second-order valence-electron chi connectivity index (χ2n) is 4.98. The van der Waals surface area contributed by atoms with Crippen LogP contribution in [0.5, 0.6) is 0 Å². The van der Waals surface area contributed by atoms with Crippen molar-refractivity contribution in [2.75, 3.05) is 0 Å². The number of hydrogen-bond donors (Lipinski definition) is 1. The van der Waals surface area contributed by atoms with Crippen molar-refractivity contribution >= 4 is 27.6 Å². The van der Waals surface area contributed by atoms with Gasteiger partial charge in [0.05, 0.1) is 17.7 Å². The van der Waals surface area contributed by atoms with E-state index in [-0.39, 0.29) is 5.57 Å². The van der Waals surface area contributed by atoms with Gasteiger partial charge in [0.25, 0.3) is 0 Å². The van der Waals surface area contributed by atoms with E-state index in [1.807, 2.05) is 54.6 Å². The molecule has 0 radical (unpaired) electrons. The fourth-order valence-electron chi connectivity index (χ4n) is 2.60. The standard InChI is InChI=1S/C19H12N2O/c20-11-15(19(22)12-21)10-18-16-7-3-1-5-13(16)9-14-6-2-4-8-17(14)18/h1-10,19,22H. The van der Waals surface area contributed by atoms with E-state index in [1.165, 1.54) is 0 Å². The average molecular weight is 284 g/mol. The van der Waals surface area contributed by atoms with Crippen LogP contribution >= 0.6 is 0 Å². The van der Waals surface area contributed by atoms with Gasteiger partial charge in [-0.05, 0) is 39.3 Å². The molecule has 104 valence electrons. The van der Waals surface area contributed by atoms with Crippen molar-refractivity contribution in [3.05, 3.63) is 65.7 Å². The van der Waals surface area contributed by atoms with E-state index in [0.717, 1.165) is 27.1 Å². The van der Waals surface area contributed by atoms with E-state index in [2.05, 4.69) is 6.07 Å². The summed E-state index contributed by atoms with van der Waals surface area (Å²) in [5.41, 5.74) is 0.892. The zero-order valence-corrected chi connectivity index (χ0v) is 11.7. The summed E-state index contributed by atoms with van der Waals surface area (Å²) in [7, 11) is 0. The quantitative estimate of drug-likeness (QED) is 0.442. The molecule has 0 aliphatic rings. The number of rotatable bonds is 2. The molecule has 0 saturated heterocycles. The van der Waals surface area contributed by atoms with E-state index in [1.54, 1.807) is 12.1 Å². The highest BCUT2D eigenvalue weighted by Crippen LogP contribution is 2.30. The molecule has 22 heavy (non-hydrogen) atoms. The Morgan fingerprint density at radius 3 is 2.00 bits per heavy atom. The van der Waals surface area contributed by atoms with Crippen molar-refractivity contribution in [1.82, 2.24) is 0 Å². The van der Waals surface area contributed by atoms with Crippen LogP contribution in [-0.2, 0) is 0 Å². The Bertz CT molecular complexity index is 920. The Morgan fingerprint density at radius 2 is 1.50 bits per heavy atom. The summed E-state index contributed by atoms with van der Waals surface area (Å²) in [6.07, 6.45) is 0.196. The molecule has 0 saturated carbocycles. The third-order valence-corrected chi connectivity index (χ3v) is 3.66. The number of aliphatic hydroxyl groups excluding tert-OH is 1. The molecular weight excluding hydrogens is 272 g/mol. The van der Waals surface area contributed by atoms with Crippen LogP contribution in [-0.4, -0.2) is 11.2 Å². The Balaban J connectivity index is 2.41. The first kappa shape index (κ1) is 13.8. The number of nitrogens with zero attached hydrogens (tertiary/aromatic N) is 2. The summed E-state index contributed by atoms with van der Waals surface area (Å²) >= 11 is 0. The molecule has 1 atom stereocenters. The molecule has 3 rings (SSSR count). The van der Waals surface area contributed by atoms with Gasteiger partial charge in [0, 0.05) is 0 Å². The second kappa shape index (κ2) is 5.69. The van der Waals surface area contributed by atoms with Gasteiger partial charge in [-0.2, -0.15) is 10.5 Å². The van der Waals surface area contributed by atoms with E-state index in [4.69, 9.17) is 5.26 Å². The topological polar surface area (TPSA) is 67.8 Å². The van der Waals surface area contributed by atoms with Crippen LogP contribution < -0.4 is 0 Å². The van der Waals surface area contributed by atoms with Gasteiger partial charge in [-0.15, -0.1) is 0 Å². The van der Waals surface area contributed by atoms with Gasteiger partial charge < -0.3 is 5.11 Å². The van der Waals surface area contributed by atoms with Crippen molar-refractivity contribution in [1.29, 1.82) is 10.5 Å². The summed E-state index contributed by atoms with van der Waals surface area (Å²) in [5, 5.41) is 31.8. The van der Waals surface area contributed by atoms with E-state index in [0.29, 0.717) is 0 Å². The molecule has 3 aromatic carbocycles. The molecule has 3 heteroatoms. The van der Waals surface area contributed by atoms with Crippen molar-refractivity contribution in [2.45, 2.75) is 6.10 Å². The van der Waals surface area contributed by atoms with Crippen molar-refractivity contribution in [3.8, 4) is 12.1 Å².